The summed E-state index contributed by atoms with van der Waals surface area (Å²) in [6.45, 7) is 3.53. The molecule has 0 radical (unpaired) electrons. The lowest BCUT2D eigenvalue weighted by atomic mass is 10.1. The molecule has 3 rings (SSSR count). The van der Waals surface area contributed by atoms with E-state index in [-0.39, 0.29) is 5.56 Å². The summed E-state index contributed by atoms with van der Waals surface area (Å²) in [7, 11) is 4.12. The molecular weight excluding hydrogens is 384 g/mol. The van der Waals surface area contributed by atoms with Crippen LogP contribution in [0.5, 0.6) is 0 Å². The van der Waals surface area contributed by atoms with Crippen LogP contribution in [0.15, 0.2) is 47.7 Å². The van der Waals surface area contributed by atoms with E-state index in [4.69, 9.17) is 0 Å². The van der Waals surface area contributed by atoms with Gasteiger partial charge in [0.1, 0.15) is 0 Å². The van der Waals surface area contributed by atoms with Gasteiger partial charge in [-0.2, -0.15) is 11.8 Å². The third-order valence-corrected chi connectivity index (χ3v) is 5.18. The Morgan fingerprint density at radius 2 is 2.00 bits per heavy atom. The molecule has 0 bridgehead atoms. The normalized spacial score (nSPS) is 11.0. The van der Waals surface area contributed by atoms with Gasteiger partial charge in [0.05, 0.1) is 11.3 Å². The second-order valence-electron chi connectivity index (χ2n) is 7.04. The summed E-state index contributed by atoms with van der Waals surface area (Å²) in [6, 6.07) is 7.95. The van der Waals surface area contributed by atoms with Crippen molar-refractivity contribution in [3.05, 3.63) is 70.2 Å². The zero-order chi connectivity index (χ0) is 20.6. The van der Waals surface area contributed by atoms with Crippen LogP contribution in [0.2, 0.25) is 0 Å². The van der Waals surface area contributed by atoms with Gasteiger partial charge >= 0.3 is 0 Å². The molecule has 3 aromatic heterocycles. The molecule has 0 spiro atoms. The van der Waals surface area contributed by atoms with E-state index >= 15 is 0 Å². The molecule has 0 fully saturated rings. The molecule has 8 heteroatoms. The SMILES string of the molecule is Cc1ccc(-c2cnc(NCCSCc3cc(CN(C)C)ccn3)[nH]c2=O)cn1. The van der Waals surface area contributed by atoms with Crippen LogP contribution in [0, 0.1) is 6.92 Å². The third kappa shape index (κ3) is 6.40. The zero-order valence-electron chi connectivity index (χ0n) is 17.0. The van der Waals surface area contributed by atoms with E-state index in [0.29, 0.717) is 18.1 Å². The molecule has 0 amide bonds. The maximum Gasteiger partial charge on any atom is 0.260 e. The summed E-state index contributed by atoms with van der Waals surface area (Å²) >= 11 is 1.79. The number of hydrogen-bond donors (Lipinski definition) is 2. The Morgan fingerprint density at radius 3 is 2.72 bits per heavy atom. The first-order valence-corrected chi connectivity index (χ1v) is 10.6. The minimum absolute atomic E-state index is 0.178. The van der Waals surface area contributed by atoms with Gasteiger partial charge in [-0.05, 0) is 44.8 Å². The number of H-pyrrole nitrogens is 1. The Kier molecular flexibility index (Phi) is 7.37. The summed E-state index contributed by atoms with van der Waals surface area (Å²) in [6.07, 6.45) is 5.14. The molecule has 7 nitrogen and oxygen atoms in total. The van der Waals surface area contributed by atoms with E-state index in [1.165, 1.54) is 5.56 Å². The highest BCUT2D eigenvalue weighted by Gasteiger charge is 2.06. The first-order chi connectivity index (χ1) is 14.0. The van der Waals surface area contributed by atoms with Gasteiger partial charge in [0, 0.05) is 54.4 Å². The van der Waals surface area contributed by atoms with Gasteiger partial charge in [0.15, 0.2) is 0 Å². The van der Waals surface area contributed by atoms with Crippen LogP contribution in [-0.2, 0) is 12.3 Å². The number of aryl methyl sites for hydroxylation is 1. The van der Waals surface area contributed by atoms with Crippen molar-refractivity contribution in [2.45, 2.75) is 19.2 Å². The van der Waals surface area contributed by atoms with Gasteiger partial charge in [-0.15, -0.1) is 0 Å². The average molecular weight is 411 g/mol. The number of aromatic amines is 1. The Hall–Kier alpha value is -2.71. The molecule has 0 aromatic carbocycles. The lowest BCUT2D eigenvalue weighted by Gasteiger charge is -2.10. The summed E-state index contributed by atoms with van der Waals surface area (Å²) in [5.41, 5.74) is 4.36. The van der Waals surface area contributed by atoms with Gasteiger partial charge < -0.3 is 10.2 Å². The highest BCUT2D eigenvalue weighted by molar-refractivity contribution is 7.98. The van der Waals surface area contributed by atoms with Gasteiger partial charge in [-0.1, -0.05) is 6.07 Å². The first kappa shape index (κ1) is 21.0. The molecule has 3 aromatic rings. The average Bonchev–Trinajstić information content (AvgIpc) is 2.68. The van der Waals surface area contributed by atoms with Gasteiger partial charge in [-0.25, -0.2) is 4.98 Å². The smallest absolute Gasteiger partial charge is 0.260 e. The molecule has 0 aliphatic carbocycles. The van der Waals surface area contributed by atoms with E-state index in [1.807, 2.05) is 31.3 Å². The van der Waals surface area contributed by atoms with Crippen LogP contribution in [0.25, 0.3) is 11.1 Å². The van der Waals surface area contributed by atoms with Crippen molar-refractivity contribution < 1.29 is 0 Å². The summed E-state index contributed by atoms with van der Waals surface area (Å²) in [5.74, 6) is 2.21. The number of nitrogens with one attached hydrogen (secondary N) is 2. The number of anilines is 1. The second-order valence-corrected chi connectivity index (χ2v) is 8.14. The molecule has 2 N–H and O–H groups in total. The molecular formula is C21H26N6OS. The molecule has 0 aliphatic rings. The van der Waals surface area contributed by atoms with E-state index in [2.05, 4.69) is 50.3 Å². The van der Waals surface area contributed by atoms with Crippen LogP contribution in [0.3, 0.4) is 0 Å². The number of thioether (sulfide) groups is 1. The maximum absolute atomic E-state index is 12.3. The predicted octanol–water partition coefficient (Wildman–Crippen LogP) is 2.94. The van der Waals surface area contributed by atoms with Crippen LogP contribution < -0.4 is 10.9 Å². The van der Waals surface area contributed by atoms with Crippen LogP contribution in [0.4, 0.5) is 5.95 Å². The largest absolute Gasteiger partial charge is 0.355 e. The Bertz CT molecular complexity index is 987. The molecule has 0 unspecified atom stereocenters. The Morgan fingerprint density at radius 1 is 1.14 bits per heavy atom. The lowest BCUT2D eigenvalue weighted by molar-refractivity contribution is 0.402. The third-order valence-electron chi connectivity index (χ3n) is 4.19. The summed E-state index contributed by atoms with van der Waals surface area (Å²) in [4.78, 5) is 30.2. The minimum Gasteiger partial charge on any atom is -0.355 e. The van der Waals surface area contributed by atoms with E-state index < -0.39 is 0 Å². The highest BCUT2D eigenvalue weighted by Crippen LogP contribution is 2.14. The predicted molar refractivity (Wildman–Crippen MR) is 119 cm³/mol. The second kappa shape index (κ2) is 10.2. The fourth-order valence-electron chi connectivity index (χ4n) is 2.81. The summed E-state index contributed by atoms with van der Waals surface area (Å²) < 4.78 is 0. The number of aromatic nitrogens is 4. The number of rotatable bonds is 9. The minimum atomic E-state index is -0.178. The zero-order valence-corrected chi connectivity index (χ0v) is 17.8. The van der Waals surface area contributed by atoms with Crippen molar-refractivity contribution in [1.29, 1.82) is 0 Å². The van der Waals surface area contributed by atoms with Crippen molar-refractivity contribution in [2.24, 2.45) is 0 Å². The van der Waals surface area contributed by atoms with Crippen LogP contribution >= 0.6 is 11.8 Å². The Balaban J connectivity index is 1.47. The van der Waals surface area contributed by atoms with Crippen LogP contribution in [0.1, 0.15) is 17.0 Å². The molecule has 152 valence electrons. The van der Waals surface area contributed by atoms with E-state index in [9.17, 15) is 4.79 Å². The van der Waals surface area contributed by atoms with Crippen molar-refractivity contribution in [2.75, 3.05) is 31.7 Å². The topological polar surface area (TPSA) is 86.8 Å². The quantitative estimate of drug-likeness (QED) is 0.525. The van der Waals surface area contributed by atoms with E-state index in [0.717, 1.165) is 35.0 Å². The van der Waals surface area contributed by atoms with Gasteiger partial charge in [0.25, 0.3) is 5.56 Å². The van der Waals surface area contributed by atoms with Crippen molar-refractivity contribution in [3.63, 3.8) is 0 Å². The fourth-order valence-corrected chi connectivity index (χ4v) is 3.56. The molecule has 0 saturated carbocycles. The first-order valence-electron chi connectivity index (χ1n) is 9.44. The van der Waals surface area contributed by atoms with Crippen molar-refractivity contribution in [1.82, 2.24) is 24.8 Å². The van der Waals surface area contributed by atoms with Gasteiger partial charge in [0.2, 0.25) is 5.95 Å². The van der Waals surface area contributed by atoms with Crippen molar-refractivity contribution in [3.8, 4) is 11.1 Å². The standard InChI is InChI=1S/C21H26N6OS/c1-15-4-5-17(11-24-15)19-12-25-21(26-20(19)28)23-8-9-29-14-18-10-16(6-7-22-18)13-27(2)3/h4-7,10-12H,8-9,13-14H2,1-3H3,(H2,23,25,26,28). The molecule has 29 heavy (non-hydrogen) atoms. The highest BCUT2D eigenvalue weighted by atomic mass is 32.2. The molecule has 0 atom stereocenters. The molecule has 3 heterocycles. The maximum atomic E-state index is 12.3. The molecule has 0 saturated heterocycles. The van der Waals surface area contributed by atoms with Crippen LogP contribution in [-0.4, -0.2) is 51.2 Å². The molecule has 0 aliphatic heterocycles. The van der Waals surface area contributed by atoms with Gasteiger partial charge in [-0.3, -0.25) is 19.7 Å². The summed E-state index contributed by atoms with van der Waals surface area (Å²) in [5, 5.41) is 3.17. The number of pyridine rings is 2. The fraction of sp³-hybridized carbons (Fsp3) is 0.333. The Labute approximate surface area is 175 Å². The number of nitrogens with zero attached hydrogens (tertiary/aromatic N) is 4. The number of hydrogen-bond acceptors (Lipinski definition) is 7. The lowest BCUT2D eigenvalue weighted by Crippen LogP contribution is -2.16. The van der Waals surface area contributed by atoms with Crippen molar-refractivity contribution >= 4 is 17.7 Å². The van der Waals surface area contributed by atoms with E-state index in [1.54, 1.807) is 24.2 Å². The monoisotopic (exact) mass is 410 g/mol.